The van der Waals surface area contributed by atoms with Crippen LogP contribution in [0.4, 0.5) is 0 Å². The molecule has 8 rings (SSSR count). The summed E-state index contributed by atoms with van der Waals surface area (Å²) in [5.74, 6) is 2.11. The predicted octanol–water partition coefficient (Wildman–Crippen LogP) is 5.61. The van der Waals surface area contributed by atoms with E-state index >= 15 is 0 Å². The summed E-state index contributed by atoms with van der Waals surface area (Å²) in [6, 6.07) is 27.7. The van der Waals surface area contributed by atoms with E-state index in [-0.39, 0.29) is 30.3 Å². The van der Waals surface area contributed by atoms with E-state index in [1.165, 1.54) is 27.8 Å². The van der Waals surface area contributed by atoms with E-state index in [2.05, 4.69) is 79.7 Å². The summed E-state index contributed by atoms with van der Waals surface area (Å²) in [5.41, 5.74) is 5.74. The van der Waals surface area contributed by atoms with Crippen LogP contribution in [0.2, 0.25) is 0 Å². The van der Waals surface area contributed by atoms with Gasteiger partial charge in [0.15, 0.2) is 5.90 Å². The van der Waals surface area contributed by atoms with E-state index in [9.17, 15) is 0 Å². The molecule has 0 aromatic heterocycles. The van der Waals surface area contributed by atoms with Gasteiger partial charge in [0, 0.05) is 19.3 Å². The zero-order chi connectivity index (χ0) is 26.0. The molecule has 196 valence electrons. The topological polar surface area (TPSA) is 64.8 Å². The molecule has 0 unspecified atom stereocenters. The Morgan fingerprint density at radius 1 is 0.718 bits per heavy atom. The SMILES string of the molecule is CC(CC1=N[C@@H](Cc2ccccc2)CO1)(C1=N[C@H]2c3ccccc3C[C@H]2O1)C1=N[C@H]2c3ccccc3C[C@H]2O1. The molecular formula is C33H31N3O3. The Balaban J connectivity index is 1.13. The molecule has 5 atom stereocenters. The molecule has 5 aliphatic rings. The number of nitrogens with zero attached hydrogens (tertiary/aromatic N) is 3. The van der Waals surface area contributed by atoms with Gasteiger partial charge >= 0.3 is 0 Å². The Hall–Kier alpha value is -3.93. The first-order valence-electron chi connectivity index (χ1n) is 14.0. The van der Waals surface area contributed by atoms with Crippen LogP contribution in [0.1, 0.15) is 53.2 Å². The van der Waals surface area contributed by atoms with Gasteiger partial charge in [-0.25, -0.2) is 15.0 Å². The first-order chi connectivity index (χ1) is 19.1. The number of ether oxygens (including phenoxy) is 3. The van der Waals surface area contributed by atoms with Crippen LogP contribution in [0.25, 0.3) is 0 Å². The van der Waals surface area contributed by atoms with E-state index in [1.54, 1.807) is 0 Å². The maximum absolute atomic E-state index is 6.65. The molecule has 0 spiro atoms. The minimum Gasteiger partial charge on any atom is -0.479 e. The van der Waals surface area contributed by atoms with Crippen LogP contribution in [0.5, 0.6) is 0 Å². The Morgan fingerprint density at radius 2 is 1.28 bits per heavy atom. The van der Waals surface area contributed by atoms with E-state index < -0.39 is 5.41 Å². The molecule has 3 aromatic carbocycles. The fraction of sp³-hybridized carbons (Fsp3) is 0.364. The lowest BCUT2D eigenvalue weighted by Crippen LogP contribution is -2.41. The van der Waals surface area contributed by atoms with Crippen molar-refractivity contribution in [1.82, 2.24) is 0 Å². The highest BCUT2D eigenvalue weighted by molar-refractivity contribution is 6.09. The van der Waals surface area contributed by atoms with Crippen molar-refractivity contribution in [2.45, 2.75) is 62.9 Å². The lowest BCUT2D eigenvalue weighted by Gasteiger charge is -2.29. The highest BCUT2D eigenvalue weighted by atomic mass is 16.5. The molecular weight excluding hydrogens is 486 g/mol. The molecule has 0 fully saturated rings. The number of aliphatic imine (C=N–C) groups is 3. The predicted molar refractivity (Wildman–Crippen MR) is 150 cm³/mol. The number of hydrogen-bond donors (Lipinski definition) is 0. The molecule has 0 saturated heterocycles. The third-order valence-corrected chi connectivity index (χ3v) is 8.86. The highest BCUT2D eigenvalue weighted by Gasteiger charge is 2.53. The molecule has 0 N–H and O–H groups in total. The van der Waals surface area contributed by atoms with Gasteiger partial charge < -0.3 is 14.2 Å². The zero-order valence-corrected chi connectivity index (χ0v) is 22.0. The van der Waals surface area contributed by atoms with Gasteiger partial charge in [0.05, 0.1) is 6.04 Å². The summed E-state index contributed by atoms with van der Waals surface area (Å²) in [6.07, 6.45) is 3.13. The highest BCUT2D eigenvalue weighted by Crippen LogP contribution is 2.48. The second-order valence-corrected chi connectivity index (χ2v) is 11.6. The van der Waals surface area contributed by atoms with Crippen LogP contribution < -0.4 is 0 Å². The average molecular weight is 518 g/mol. The third kappa shape index (κ3) is 3.80. The third-order valence-electron chi connectivity index (χ3n) is 8.86. The molecule has 3 aromatic rings. The lowest BCUT2D eigenvalue weighted by atomic mass is 9.85. The smallest absolute Gasteiger partial charge is 0.200 e. The molecule has 0 bridgehead atoms. The van der Waals surface area contributed by atoms with Gasteiger partial charge in [-0.1, -0.05) is 78.9 Å². The molecule has 0 radical (unpaired) electrons. The summed E-state index contributed by atoms with van der Waals surface area (Å²) >= 11 is 0. The van der Waals surface area contributed by atoms with Crippen molar-refractivity contribution in [3.63, 3.8) is 0 Å². The Labute approximate surface area is 228 Å². The normalized spacial score (nSPS) is 27.8. The van der Waals surface area contributed by atoms with Crippen LogP contribution >= 0.6 is 0 Å². The van der Waals surface area contributed by atoms with Crippen molar-refractivity contribution >= 4 is 17.7 Å². The summed E-state index contributed by atoms with van der Waals surface area (Å²) < 4.78 is 19.5. The maximum Gasteiger partial charge on any atom is 0.200 e. The van der Waals surface area contributed by atoms with E-state index in [0.717, 1.165) is 25.2 Å². The van der Waals surface area contributed by atoms with Crippen LogP contribution in [0, 0.1) is 5.41 Å². The van der Waals surface area contributed by atoms with Crippen molar-refractivity contribution in [2.75, 3.05) is 6.61 Å². The van der Waals surface area contributed by atoms with Crippen molar-refractivity contribution < 1.29 is 14.2 Å². The standard InChI is InChI=1S/C33H31N3O3/c1-33(18-28-34-23(19-37-28)15-20-9-3-2-4-10-20,31-35-29-24-13-7-5-11-21(24)16-26(29)38-31)32-36-30-25-14-8-6-12-22(25)17-27(30)39-32/h2-14,23,26-27,29-30H,15-19H2,1H3/t23-,26+,27+,29-,30-/m0/s1. The number of hydrogen-bond acceptors (Lipinski definition) is 6. The van der Waals surface area contributed by atoms with E-state index in [4.69, 9.17) is 29.2 Å². The average Bonchev–Trinajstić information content (AvgIpc) is 3.76. The molecule has 3 aliphatic heterocycles. The quantitative estimate of drug-likeness (QED) is 0.427. The van der Waals surface area contributed by atoms with Gasteiger partial charge in [0.1, 0.15) is 36.3 Å². The molecule has 2 aliphatic carbocycles. The Morgan fingerprint density at radius 3 is 1.90 bits per heavy atom. The van der Waals surface area contributed by atoms with Gasteiger partial charge in [0.25, 0.3) is 0 Å². The Kier molecular flexibility index (Phi) is 5.19. The molecule has 0 saturated carbocycles. The van der Waals surface area contributed by atoms with Crippen LogP contribution in [-0.2, 0) is 33.5 Å². The van der Waals surface area contributed by atoms with Crippen molar-refractivity contribution in [2.24, 2.45) is 20.4 Å². The number of benzene rings is 3. The monoisotopic (exact) mass is 517 g/mol. The summed E-state index contributed by atoms with van der Waals surface area (Å²) in [4.78, 5) is 15.4. The van der Waals surface area contributed by atoms with Crippen LogP contribution in [0.3, 0.4) is 0 Å². The fourth-order valence-corrected chi connectivity index (χ4v) is 6.84. The minimum atomic E-state index is -0.695. The summed E-state index contributed by atoms with van der Waals surface area (Å²) in [7, 11) is 0. The van der Waals surface area contributed by atoms with Crippen molar-refractivity contribution in [1.29, 1.82) is 0 Å². The molecule has 6 heteroatoms. The Bertz CT molecular complexity index is 1450. The second kappa shape index (κ2) is 8.80. The van der Waals surface area contributed by atoms with Gasteiger partial charge in [-0.15, -0.1) is 0 Å². The van der Waals surface area contributed by atoms with Gasteiger partial charge in [-0.2, -0.15) is 0 Å². The first kappa shape index (κ1) is 23.0. The molecule has 6 nitrogen and oxygen atoms in total. The minimum absolute atomic E-state index is 0.00928. The van der Waals surface area contributed by atoms with Crippen LogP contribution in [-0.4, -0.2) is 42.5 Å². The summed E-state index contributed by atoms with van der Waals surface area (Å²) in [5, 5.41) is 0. The van der Waals surface area contributed by atoms with Crippen molar-refractivity contribution in [3.8, 4) is 0 Å². The summed E-state index contributed by atoms with van der Waals surface area (Å²) in [6.45, 7) is 2.72. The maximum atomic E-state index is 6.65. The number of rotatable bonds is 6. The molecule has 0 amide bonds. The van der Waals surface area contributed by atoms with E-state index in [0.29, 0.717) is 24.8 Å². The van der Waals surface area contributed by atoms with Crippen molar-refractivity contribution in [3.05, 3.63) is 107 Å². The van der Waals surface area contributed by atoms with Crippen LogP contribution in [0.15, 0.2) is 93.8 Å². The van der Waals surface area contributed by atoms with Gasteiger partial charge in [0.2, 0.25) is 11.8 Å². The second-order valence-electron chi connectivity index (χ2n) is 11.6. The largest absolute Gasteiger partial charge is 0.479 e. The number of fused-ring (bicyclic) bond motifs is 6. The zero-order valence-electron chi connectivity index (χ0n) is 22.0. The van der Waals surface area contributed by atoms with Gasteiger partial charge in [-0.05, 0) is 41.2 Å². The first-order valence-corrected chi connectivity index (χ1v) is 14.0. The fourth-order valence-electron chi connectivity index (χ4n) is 6.84. The lowest BCUT2D eigenvalue weighted by molar-refractivity contribution is 0.166. The van der Waals surface area contributed by atoms with E-state index in [1.807, 2.05) is 6.07 Å². The van der Waals surface area contributed by atoms with Gasteiger partial charge in [-0.3, -0.25) is 0 Å². The molecule has 3 heterocycles. The molecule has 39 heavy (non-hydrogen) atoms.